The molecule has 1 N–H and O–H groups in total. The second-order valence-corrected chi connectivity index (χ2v) is 6.04. The number of hydrogen-bond acceptors (Lipinski definition) is 2. The van der Waals surface area contributed by atoms with Gasteiger partial charge in [-0.1, -0.05) is 27.2 Å². The van der Waals surface area contributed by atoms with Crippen LogP contribution in [0.5, 0.6) is 0 Å². The second-order valence-electron chi connectivity index (χ2n) is 6.04. The number of guanidine groups is 1. The summed E-state index contributed by atoms with van der Waals surface area (Å²) in [6, 6.07) is 0. The SMILES string of the molecule is CCCCOCCN=C(NCC)N1CCC(C)(C)C1. The van der Waals surface area contributed by atoms with Gasteiger partial charge in [0.25, 0.3) is 0 Å². The zero-order valence-electron chi connectivity index (χ0n) is 13.2. The van der Waals surface area contributed by atoms with Gasteiger partial charge in [-0.2, -0.15) is 0 Å². The summed E-state index contributed by atoms with van der Waals surface area (Å²) in [7, 11) is 0. The first-order valence-corrected chi connectivity index (χ1v) is 7.70. The smallest absolute Gasteiger partial charge is 0.194 e. The first-order valence-electron chi connectivity index (χ1n) is 7.70. The first-order chi connectivity index (χ1) is 9.09. The average molecular weight is 269 g/mol. The average Bonchev–Trinajstić information content (AvgIpc) is 2.72. The van der Waals surface area contributed by atoms with Crippen molar-refractivity contribution in [1.82, 2.24) is 10.2 Å². The van der Waals surface area contributed by atoms with E-state index in [1.807, 2.05) is 0 Å². The Kier molecular flexibility index (Phi) is 7.21. The Labute approximate surface area is 118 Å². The van der Waals surface area contributed by atoms with E-state index in [2.05, 4.69) is 42.9 Å². The van der Waals surface area contributed by atoms with Gasteiger partial charge in [0, 0.05) is 26.2 Å². The molecular weight excluding hydrogens is 238 g/mol. The summed E-state index contributed by atoms with van der Waals surface area (Å²) in [5, 5.41) is 3.38. The summed E-state index contributed by atoms with van der Waals surface area (Å²) >= 11 is 0. The van der Waals surface area contributed by atoms with Gasteiger partial charge in [0.05, 0.1) is 13.2 Å². The molecule has 0 saturated carbocycles. The molecule has 1 rings (SSSR count). The minimum absolute atomic E-state index is 0.411. The number of aliphatic imine (C=N–C) groups is 1. The summed E-state index contributed by atoms with van der Waals surface area (Å²) in [6.45, 7) is 14.4. The fourth-order valence-electron chi connectivity index (χ4n) is 2.28. The van der Waals surface area contributed by atoms with E-state index in [0.717, 1.165) is 51.8 Å². The molecule has 0 aliphatic carbocycles. The normalized spacial score (nSPS) is 18.9. The predicted octanol–water partition coefficient (Wildman–Crippen LogP) is 2.50. The highest BCUT2D eigenvalue weighted by molar-refractivity contribution is 5.80. The van der Waals surface area contributed by atoms with Crippen LogP contribution in [0.2, 0.25) is 0 Å². The summed E-state index contributed by atoms with van der Waals surface area (Å²) in [5.74, 6) is 1.05. The quantitative estimate of drug-likeness (QED) is 0.438. The van der Waals surface area contributed by atoms with Crippen LogP contribution in [0.4, 0.5) is 0 Å². The molecule has 0 atom stereocenters. The molecule has 19 heavy (non-hydrogen) atoms. The Morgan fingerprint density at radius 2 is 2.11 bits per heavy atom. The molecule has 112 valence electrons. The van der Waals surface area contributed by atoms with Crippen molar-refractivity contribution in [2.24, 2.45) is 10.4 Å². The highest BCUT2D eigenvalue weighted by atomic mass is 16.5. The van der Waals surface area contributed by atoms with E-state index in [1.54, 1.807) is 0 Å². The fraction of sp³-hybridized carbons (Fsp3) is 0.933. The third kappa shape index (κ3) is 6.28. The molecule has 0 aromatic rings. The minimum Gasteiger partial charge on any atom is -0.380 e. The van der Waals surface area contributed by atoms with Crippen LogP contribution in [0.3, 0.4) is 0 Å². The van der Waals surface area contributed by atoms with E-state index in [9.17, 15) is 0 Å². The minimum atomic E-state index is 0.411. The second kappa shape index (κ2) is 8.41. The van der Waals surface area contributed by atoms with Gasteiger partial charge < -0.3 is 15.0 Å². The van der Waals surface area contributed by atoms with Crippen LogP contribution in [0.1, 0.15) is 47.0 Å². The van der Waals surface area contributed by atoms with Crippen LogP contribution in [0, 0.1) is 5.41 Å². The highest BCUT2D eigenvalue weighted by Crippen LogP contribution is 2.28. The number of hydrogen-bond donors (Lipinski definition) is 1. The van der Waals surface area contributed by atoms with Gasteiger partial charge in [-0.3, -0.25) is 4.99 Å². The lowest BCUT2D eigenvalue weighted by Gasteiger charge is -2.23. The molecular formula is C15H31N3O. The summed E-state index contributed by atoms with van der Waals surface area (Å²) in [4.78, 5) is 7.04. The van der Waals surface area contributed by atoms with Gasteiger partial charge in [0.15, 0.2) is 5.96 Å². The number of unbranched alkanes of at least 4 members (excludes halogenated alkanes) is 1. The Bertz CT molecular complexity index is 277. The van der Waals surface area contributed by atoms with Gasteiger partial charge >= 0.3 is 0 Å². The Balaban J connectivity index is 2.35. The zero-order valence-corrected chi connectivity index (χ0v) is 13.2. The molecule has 0 unspecified atom stereocenters. The lowest BCUT2D eigenvalue weighted by Crippen LogP contribution is -2.41. The van der Waals surface area contributed by atoms with Crippen LogP contribution in [0.15, 0.2) is 4.99 Å². The van der Waals surface area contributed by atoms with Crippen LogP contribution < -0.4 is 5.32 Å². The van der Waals surface area contributed by atoms with Gasteiger partial charge in [-0.25, -0.2) is 0 Å². The fourth-order valence-corrected chi connectivity index (χ4v) is 2.28. The van der Waals surface area contributed by atoms with Crippen LogP contribution in [0.25, 0.3) is 0 Å². The van der Waals surface area contributed by atoms with E-state index in [1.165, 1.54) is 12.8 Å². The number of nitrogens with one attached hydrogen (secondary N) is 1. The van der Waals surface area contributed by atoms with E-state index in [4.69, 9.17) is 4.74 Å². The third-order valence-electron chi connectivity index (χ3n) is 3.45. The van der Waals surface area contributed by atoms with E-state index in [0.29, 0.717) is 5.41 Å². The van der Waals surface area contributed by atoms with Gasteiger partial charge in [-0.05, 0) is 25.2 Å². The van der Waals surface area contributed by atoms with Crippen molar-refractivity contribution in [3.8, 4) is 0 Å². The number of likely N-dealkylation sites (tertiary alicyclic amines) is 1. The maximum atomic E-state index is 5.55. The number of rotatable bonds is 7. The Morgan fingerprint density at radius 1 is 1.32 bits per heavy atom. The largest absolute Gasteiger partial charge is 0.380 e. The lowest BCUT2D eigenvalue weighted by molar-refractivity contribution is 0.138. The van der Waals surface area contributed by atoms with Crippen LogP contribution in [-0.2, 0) is 4.74 Å². The van der Waals surface area contributed by atoms with E-state index in [-0.39, 0.29) is 0 Å². The first kappa shape index (κ1) is 16.3. The molecule has 0 aromatic carbocycles. The molecule has 1 heterocycles. The van der Waals surface area contributed by atoms with Gasteiger partial charge in [-0.15, -0.1) is 0 Å². The predicted molar refractivity (Wildman–Crippen MR) is 81.7 cm³/mol. The van der Waals surface area contributed by atoms with E-state index < -0.39 is 0 Å². The van der Waals surface area contributed by atoms with Gasteiger partial charge in [0.1, 0.15) is 0 Å². The summed E-state index contributed by atoms with van der Waals surface area (Å²) < 4.78 is 5.55. The van der Waals surface area contributed by atoms with Crippen LogP contribution >= 0.6 is 0 Å². The molecule has 1 saturated heterocycles. The van der Waals surface area contributed by atoms with Crippen molar-refractivity contribution in [3.05, 3.63) is 0 Å². The molecule has 1 aliphatic rings. The molecule has 0 aromatic heterocycles. The van der Waals surface area contributed by atoms with Crippen molar-refractivity contribution in [2.45, 2.75) is 47.0 Å². The molecule has 4 heteroatoms. The van der Waals surface area contributed by atoms with Crippen molar-refractivity contribution in [3.63, 3.8) is 0 Å². The maximum Gasteiger partial charge on any atom is 0.194 e. The molecule has 1 fully saturated rings. The number of nitrogens with zero attached hydrogens (tertiary/aromatic N) is 2. The standard InChI is InChI=1S/C15H31N3O/c1-5-7-11-19-12-9-17-14(16-6-2)18-10-8-15(3,4)13-18/h5-13H2,1-4H3,(H,16,17). The maximum absolute atomic E-state index is 5.55. The molecule has 0 spiro atoms. The topological polar surface area (TPSA) is 36.9 Å². The highest BCUT2D eigenvalue weighted by Gasteiger charge is 2.30. The van der Waals surface area contributed by atoms with Crippen LogP contribution in [-0.4, -0.2) is 50.3 Å². The lowest BCUT2D eigenvalue weighted by atomic mass is 9.93. The van der Waals surface area contributed by atoms with Gasteiger partial charge in [0.2, 0.25) is 0 Å². The molecule has 0 radical (unpaired) electrons. The molecule has 1 aliphatic heterocycles. The van der Waals surface area contributed by atoms with Crippen molar-refractivity contribution >= 4 is 5.96 Å². The number of ether oxygens (including phenoxy) is 1. The van der Waals surface area contributed by atoms with E-state index >= 15 is 0 Å². The van der Waals surface area contributed by atoms with Crippen molar-refractivity contribution in [2.75, 3.05) is 39.4 Å². The Morgan fingerprint density at radius 3 is 2.68 bits per heavy atom. The molecule has 0 amide bonds. The van der Waals surface area contributed by atoms with Crippen molar-refractivity contribution < 1.29 is 4.74 Å². The van der Waals surface area contributed by atoms with Crippen molar-refractivity contribution in [1.29, 1.82) is 0 Å². The molecule has 4 nitrogen and oxygen atoms in total. The third-order valence-corrected chi connectivity index (χ3v) is 3.45. The molecule has 0 bridgehead atoms. The monoisotopic (exact) mass is 269 g/mol. The Hall–Kier alpha value is -0.770. The summed E-state index contributed by atoms with van der Waals surface area (Å²) in [6.07, 6.45) is 3.57. The zero-order chi connectivity index (χ0) is 14.1. The summed E-state index contributed by atoms with van der Waals surface area (Å²) in [5.41, 5.74) is 0.411.